The van der Waals surface area contributed by atoms with Crippen molar-refractivity contribution in [2.24, 2.45) is 0 Å². The summed E-state index contributed by atoms with van der Waals surface area (Å²) in [5.41, 5.74) is -0.259. The number of nitrogens with zero attached hydrogens (tertiary/aromatic N) is 2. The highest BCUT2D eigenvalue weighted by Gasteiger charge is 2.17. The third kappa shape index (κ3) is 2.72. The lowest BCUT2D eigenvalue weighted by atomic mass is 10.1. The van der Waals surface area contributed by atoms with E-state index in [0.717, 1.165) is 25.9 Å². The monoisotopic (exact) mass is 250 g/mol. The molecule has 5 nitrogen and oxygen atoms in total. The van der Waals surface area contributed by atoms with E-state index in [4.69, 9.17) is 4.74 Å². The highest BCUT2D eigenvalue weighted by Crippen LogP contribution is 2.09. The molecule has 2 rings (SSSR count). The minimum atomic E-state index is -0.259. The molecule has 1 amide bonds. The fraction of sp³-hybridized carbons (Fsp3) is 0.538. The molecule has 0 aliphatic carbocycles. The Morgan fingerprint density at radius 2 is 2.06 bits per heavy atom. The molecule has 1 aromatic heterocycles. The maximum Gasteiger partial charge on any atom is 0.293 e. The summed E-state index contributed by atoms with van der Waals surface area (Å²) >= 11 is 0. The van der Waals surface area contributed by atoms with Gasteiger partial charge in [-0.2, -0.15) is 0 Å². The average Bonchev–Trinajstić information content (AvgIpc) is 2.42. The molecule has 0 N–H and O–H groups in total. The van der Waals surface area contributed by atoms with E-state index < -0.39 is 0 Å². The number of aromatic nitrogens is 1. The molecule has 0 bridgehead atoms. The number of rotatable bonds is 3. The van der Waals surface area contributed by atoms with Crippen LogP contribution >= 0.6 is 0 Å². The van der Waals surface area contributed by atoms with Crippen molar-refractivity contribution in [1.82, 2.24) is 9.47 Å². The third-order valence-corrected chi connectivity index (χ3v) is 3.22. The number of hydrogen-bond acceptors (Lipinski definition) is 3. The summed E-state index contributed by atoms with van der Waals surface area (Å²) in [4.78, 5) is 25.8. The van der Waals surface area contributed by atoms with Crippen molar-refractivity contribution in [3.63, 3.8) is 0 Å². The fourth-order valence-electron chi connectivity index (χ4n) is 2.18. The number of hydrogen-bond donors (Lipinski definition) is 0. The quantitative estimate of drug-likeness (QED) is 0.800. The van der Waals surface area contributed by atoms with E-state index >= 15 is 0 Å². The molecule has 1 aliphatic rings. The lowest BCUT2D eigenvalue weighted by Crippen LogP contribution is -2.39. The predicted octanol–water partition coefficient (Wildman–Crippen LogP) is 0.869. The molecule has 0 atom stereocenters. The first kappa shape index (κ1) is 12.7. The van der Waals surface area contributed by atoms with Crippen molar-refractivity contribution < 1.29 is 9.53 Å². The Morgan fingerprint density at radius 1 is 1.33 bits per heavy atom. The summed E-state index contributed by atoms with van der Waals surface area (Å²) in [7, 11) is 1.45. The number of carbonyl (C=O) groups is 1. The molecule has 98 valence electrons. The van der Waals surface area contributed by atoms with Gasteiger partial charge in [0.05, 0.1) is 7.11 Å². The van der Waals surface area contributed by atoms with Gasteiger partial charge in [-0.3, -0.25) is 9.59 Å². The van der Waals surface area contributed by atoms with Gasteiger partial charge >= 0.3 is 0 Å². The van der Waals surface area contributed by atoms with Crippen LogP contribution < -0.4 is 10.3 Å². The number of carbonyl (C=O) groups excluding carboxylic acids is 1. The molecule has 5 heteroatoms. The van der Waals surface area contributed by atoms with Gasteiger partial charge in [0.25, 0.3) is 5.56 Å². The van der Waals surface area contributed by atoms with E-state index in [1.807, 2.05) is 4.90 Å². The normalized spacial score (nSPS) is 15.5. The number of piperidine rings is 1. The highest BCUT2D eigenvalue weighted by molar-refractivity contribution is 5.76. The lowest BCUT2D eigenvalue weighted by Gasteiger charge is -2.26. The number of amides is 1. The first-order valence-electron chi connectivity index (χ1n) is 6.23. The molecule has 18 heavy (non-hydrogen) atoms. The van der Waals surface area contributed by atoms with Crippen molar-refractivity contribution in [2.75, 3.05) is 20.2 Å². The minimum Gasteiger partial charge on any atom is -0.491 e. The molecular weight excluding hydrogens is 232 g/mol. The molecule has 0 aromatic carbocycles. The lowest BCUT2D eigenvalue weighted by molar-refractivity contribution is -0.132. The van der Waals surface area contributed by atoms with Crippen LogP contribution in [0.2, 0.25) is 0 Å². The van der Waals surface area contributed by atoms with Crippen LogP contribution in [0.3, 0.4) is 0 Å². The van der Waals surface area contributed by atoms with Crippen molar-refractivity contribution in [1.29, 1.82) is 0 Å². The van der Waals surface area contributed by atoms with Gasteiger partial charge in [0, 0.05) is 19.3 Å². The molecule has 0 radical (unpaired) electrons. The Labute approximate surface area is 106 Å². The second kappa shape index (κ2) is 5.71. The molecule has 1 aliphatic heterocycles. The molecule has 2 heterocycles. The van der Waals surface area contributed by atoms with Crippen LogP contribution in [0.25, 0.3) is 0 Å². The summed E-state index contributed by atoms with van der Waals surface area (Å²) in [6, 6.07) is 3.31. The first-order valence-corrected chi connectivity index (χ1v) is 6.23. The summed E-state index contributed by atoms with van der Waals surface area (Å²) in [6.07, 6.45) is 4.91. The van der Waals surface area contributed by atoms with E-state index in [-0.39, 0.29) is 23.8 Å². The van der Waals surface area contributed by atoms with Crippen LogP contribution in [0, 0.1) is 0 Å². The first-order chi connectivity index (χ1) is 8.72. The van der Waals surface area contributed by atoms with Crippen molar-refractivity contribution in [3.8, 4) is 5.75 Å². The van der Waals surface area contributed by atoms with Gasteiger partial charge in [0.2, 0.25) is 5.91 Å². The Balaban J connectivity index is 2.09. The number of likely N-dealkylation sites (tertiary alicyclic amines) is 1. The van der Waals surface area contributed by atoms with E-state index in [9.17, 15) is 9.59 Å². The van der Waals surface area contributed by atoms with Gasteiger partial charge in [0.15, 0.2) is 5.75 Å². The highest BCUT2D eigenvalue weighted by atomic mass is 16.5. The summed E-state index contributed by atoms with van der Waals surface area (Å²) in [5.74, 6) is 0.272. The molecule has 1 saturated heterocycles. The van der Waals surface area contributed by atoms with Crippen LogP contribution in [0.15, 0.2) is 23.1 Å². The average molecular weight is 250 g/mol. The van der Waals surface area contributed by atoms with Gasteiger partial charge in [0.1, 0.15) is 6.54 Å². The standard InChI is InChI=1S/C13H18N2O3/c1-18-11-6-5-9-15(13(11)17)10-12(16)14-7-3-2-4-8-14/h5-6,9H,2-4,7-8,10H2,1H3. The molecule has 0 saturated carbocycles. The molecule has 1 fully saturated rings. The van der Waals surface area contributed by atoms with Gasteiger partial charge < -0.3 is 14.2 Å². The molecule has 0 spiro atoms. The van der Waals surface area contributed by atoms with Gasteiger partial charge in [-0.15, -0.1) is 0 Å². The van der Waals surface area contributed by atoms with E-state index in [0.29, 0.717) is 0 Å². The Hall–Kier alpha value is -1.78. The topological polar surface area (TPSA) is 51.5 Å². The van der Waals surface area contributed by atoms with Crippen LogP contribution in [0.1, 0.15) is 19.3 Å². The second-order valence-electron chi connectivity index (χ2n) is 4.45. The number of ether oxygens (including phenoxy) is 1. The van der Waals surface area contributed by atoms with Gasteiger partial charge in [-0.1, -0.05) is 0 Å². The van der Waals surface area contributed by atoms with Crippen molar-refractivity contribution >= 4 is 5.91 Å². The largest absolute Gasteiger partial charge is 0.491 e. The minimum absolute atomic E-state index is 0.00468. The van der Waals surface area contributed by atoms with E-state index in [2.05, 4.69) is 0 Å². The van der Waals surface area contributed by atoms with Crippen LogP contribution in [0.4, 0.5) is 0 Å². The third-order valence-electron chi connectivity index (χ3n) is 3.22. The van der Waals surface area contributed by atoms with Crippen molar-refractivity contribution in [2.45, 2.75) is 25.8 Å². The molecule has 1 aromatic rings. The summed E-state index contributed by atoms with van der Waals surface area (Å²) in [5, 5.41) is 0. The smallest absolute Gasteiger partial charge is 0.293 e. The van der Waals surface area contributed by atoms with E-state index in [1.165, 1.54) is 18.1 Å². The predicted molar refractivity (Wildman–Crippen MR) is 67.7 cm³/mol. The van der Waals surface area contributed by atoms with E-state index in [1.54, 1.807) is 18.3 Å². The number of pyridine rings is 1. The SMILES string of the molecule is COc1cccn(CC(=O)N2CCCCC2)c1=O. The zero-order valence-electron chi connectivity index (χ0n) is 10.6. The van der Waals surface area contributed by atoms with Gasteiger partial charge in [-0.25, -0.2) is 0 Å². The Kier molecular flexibility index (Phi) is 4.02. The second-order valence-corrected chi connectivity index (χ2v) is 4.45. The fourth-order valence-corrected chi connectivity index (χ4v) is 2.18. The zero-order valence-corrected chi connectivity index (χ0v) is 10.6. The zero-order chi connectivity index (χ0) is 13.0. The molecule has 0 unspecified atom stereocenters. The molecular formula is C13H18N2O3. The van der Waals surface area contributed by atoms with Gasteiger partial charge in [-0.05, 0) is 31.4 Å². The van der Waals surface area contributed by atoms with Crippen LogP contribution in [-0.2, 0) is 11.3 Å². The van der Waals surface area contributed by atoms with Crippen LogP contribution in [-0.4, -0.2) is 35.6 Å². The van der Waals surface area contributed by atoms with Crippen molar-refractivity contribution in [3.05, 3.63) is 28.7 Å². The van der Waals surface area contributed by atoms with Crippen LogP contribution in [0.5, 0.6) is 5.75 Å². The number of methoxy groups -OCH3 is 1. The summed E-state index contributed by atoms with van der Waals surface area (Å²) < 4.78 is 6.35. The maximum absolute atomic E-state index is 12.0. The summed E-state index contributed by atoms with van der Waals surface area (Å²) in [6.45, 7) is 1.70. The maximum atomic E-state index is 12.0. The Bertz CT molecular complexity index is 475. The Morgan fingerprint density at radius 3 is 2.72 bits per heavy atom.